The molecule has 0 radical (unpaired) electrons. The Labute approximate surface area is 164 Å². The molecule has 1 unspecified atom stereocenters. The van der Waals surface area contributed by atoms with E-state index in [-0.39, 0.29) is 0 Å². The van der Waals surface area contributed by atoms with Crippen LogP contribution in [-0.4, -0.2) is 35.1 Å². The molecule has 2 heterocycles. The highest BCUT2D eigenvalue weighted by atomic mass is 15.2. The molecule has 0 spiro atoms. The Balaban J connectivity index is 1.47. The molecule has 2 aliphatic carbocycles. The van der Waals surface area contributed by atoms with Crippen LogP contribution >= 0.6 is 0 Å². The highest BCUT2D eigenvalue weighted by Gasteiger charge is 2.29. The van der Waals surface area contributed by atoms with Crippen molar-refractivity contribution in [1.82, 2.24) is 14.8 Å². The van der Waals surface area contributed by atoms with Gasteiger partial charge in [-0.05, 0) is 69.7 Å². The van der Waals surface area contributed by atoms with Gasteiger partial charge in [0.2, 0.25) is 0 Å². The molecule has 1 aromatic heterocycles. The van der Waals surface area contributed by atoms with Crippen molar-refractivity contribution in [2.75, 3.05) is 19.6 Å². The maximum absolute atomic E-state index is 4.11. The Morgan fingerprint density at radius 2 is 1.67 bits per heavy atom. The fourth-order valence-corrected chi connectivity index (χ4v) is 5.88. The Morgan fingerprint density at radius 1 is 0.852 bits per heavy atom. The fraction of sp³-hybridized carbons (Fsp3) is 0.667. The molecular weight excluding hydrogens is 330 g/mol. The zero-order chi connectivity index (χ0) is 18.1. The standard InChI is InChI=1S/C24H35N3/c1-2-9-19(10-3-1)25-22-13-8-12-21-20-11-4-5-14-23(20)27(24(21)22)18-17-26-15-6-7-16-26/h4-5,11,14,19,22,25H,1-3,6-10,12-13,15-18H2. The average Bonchev–Trinajstić information content (AvgIpc) is 3.34. The van der Waals surface area contributed by atoms with Gasteiger partial charge >= 0.3 is 0 Å². The zero-order valence-electron chi connectivity index (χ0n) is 16.8. The Morgan fingerprint density at radius 3 is 2.52 bits per heavy atom. The lowest BCUT2D eigenvalue weighted by atomic mass is 9.89. The number of fused-ring (bicyclic) bond motifs is 3. The fourth-order valence-electron chi connectivity index (χ4n) is 5.88. The topological polar surface area (TPSA) is 20.2 Å². The van der Waals surface area contributed by atoms with Crippen LogP contribution in [-0.2, 0) is 13.0 Å². The van der Waals surface area contributed by atoms with Crippen molar-refractivity contribution >= 4 is 10.9 Å². The van der Waals surface area contributed by atoms with Crippen molar-refractivity contribution < 1.29 is 0 Å². The average molecular weight is 366 g/mol. The van der Waals surface area contributed by atoms with Crippen molar-refractivity contribution in [1.29, 1.82) is 0 Å². The maximum atomic E-state index is 4.11. The van der Waals surface area contributed by atoms with Gasteiger partial charge in [0, 0.05) is 41.8 Å². The van der Waals surface area contributed by atoms with Gasteiger partial charge in [0.05, 0.1) is 0 Å². The lowest BCUT2D eigenvalue weighted by molar-refractivity contribution is 0.300. The number of rotatable bonds is 5. The Hall–Kier alpha value is -1.32. The molecule has 1 atom stereocenters. The van der Waals surface area contributed by atoms with Crippen LogP contribution in [0.5, 0.6) is 0 Å². The summed E-state index contributed by atoms with van der Waals surface area (Å²) in [7, 11) is 0. The summed E-state index contributed by atoms with van der Waals surface area (Å²) in [5.41, 5.74) is 4.75. The number of aromatic nitrogens is 1. The first kappa shape index (κ1) is 17.8. The normalized spacial score (nSPS) is 24.5. The lowest BCUT2D eigenvalue weighted by Crippen LogP contribution is -2.37. The second-order valence-corrected chi connectivity index (χ2v) is 9.03. The maximum Gasteiger partial charge on any atom is 0.0486 e. The largest absolute Gasteiger partial charge is 0.342 e. The summed E-state index contributed by atoms with van der Waals surface area (Å²) in [6, 6.07) is 10.5. The van der Waals surface area contributed by atoms with Crippen LogP contribution in [0.2, 0.25) is 0 Å². The molecule has 3 aliphatic rings. The van der Waals surface area contributed by atoms with Crippen molar-refractivity contribution in [3.8, 4) is 0 Å². The monoisotopic (exact) mass is 365 g/mol. The summed E-state index contributed by atoms with van der Waals surface area (Å²) < 4.78 is 2.70. The Bertz CT molecular complexity index is 765. The van der Waals surface area contributed by atoms with Gasteiger partial charge in [0.1, 0.15) is 0 Å². The predicted octanol–water partition coefficient (Wildman–Crippen LogP) is 5.04. The molecule has 0 amide bonds. The van der Waals surface area contributed by atoms with Gasteiger partial charge in [-0.25, -0.2) is 0 Å². The van der Waals surface area contributed by atoms with Crippen LogP contribution in [0.3, 0.4) is 0 Å². The minimum absolute atomic E-state index is 0.558. The molecule has 2 fully saturated rings. The zero-order valence-corrected chi connectivity index (χ0v) is 16.8. The van der Waals surface area contributed by atoms with Crippen molar-refractivity contribution in [2.24, 2.45) is 0 Å². The number of nitrogens with zero attached hydrogens (tertiary/aromatic N) is 2. The quantitative estimate of drug-likeness (QED) is 0.801. The van der Waals surface area contributed by atoms with E-state index in [0.717, 1.165) is 12.6 Å². The van der Waals surface area contributed by atoms with Gasteiger partial charge in [0.25, 0.3) is 0 Å². The molecule has 2 aromatic rings. The van der Waals surface area contributed by atoms with Gasteiger partial charge in [-0.2, -0.15) is 0 Å². The smallest absolute Gasteiger partial charge is 0.0486 e. The minimum atomic E-state index is 0.558. The van der Waals surface area contributed by atoms with E-state index in [4.69, 9.17) is 0 Å². The summed E-state index contributed by atoms with van der Waals surface area (Å²) >= 11 is 0. The number of nitrogens with one attached hydrogen (secondary N) is 1. The molecule has 3 nitrogen and oxygen atoms in total. The molecule has 1 saturated carbocycles. The minimum Gasteiger partial charge on any atom is -0.342 e. The summed E-state index contributed by atoms with van der Waals surface area (Å²) in [5, 5.41) is 5.63. The molecule has 27 heavy (non-hydrogen) atoms. The molecule has 1 N–H and O–H groups in total. The van der Waals surface area contributed by atoms with Crippen molar-refractivity contribution in [3.63, 3.8) is 0 Å². The van der Waals surface area contributed by atoms with E-state index in [9.17, 15) is 0 Å². The number of para-hydroxylation sites is 1. The van der Waals surface area contributed by atoms with E-state index < -0.39 is 0 Å². The van der Waals surface area contributed by atoms with E-state index in [1.807, 2.05) is 0 Å². The third kappa shape index (κ3) is 3.56. The second kappa shape index (κ2) is 7.97. The van der Waals surface area contributed by atoms with Crippen LogP contribution in [0.25, 0.3) is 10.9 Å². The first-order valence-electron chi connectivity index (χ1n) is 11.5. The van der Waals surface area contributed by atoms with E-state index >= 15 is 0 Å². The van der Waals surface area contributed by atoms with E-state index in [2.05, 4.69) is 39.0 Å². The third-order valence-electron chi connectivity index (χ3n) is 7.25. The number of hydrogen-bond donors (Lipinski definition) is 1. The Kier molecular flexibility index (Phi) is 5.24. The van der Waals surface area contributed by atoms with E-state index in [1.165, 1.54) is 94.7 Å². The number of aryl methyl sites for hydroxylation is 1. The van der Waals surface area contributed by atoms with Gasteiger partial charge in [0.15, 0.2) is 0 Å². The highest BCUT2D eigenvalue weighted by molar-refractivity contribution is 5.86. The highest BCUT2D eigenvalue weighted by Crippen LogP contribution is 2.38. The second-order valence-electron chi connectivity index (χ2n) is 9.03. The number of hydrogen-bond acceptors (Lipinski definition) is 2. The SMILES string of the molecule is c1ccc2c(c1)c1c(n2CCN2CCCC2)C(NC2CCCCC2)CCC1. The molecule has 146 valence electrons. The molecule has 1 saturated heterocycles. The number of benzene rings is 1. The predicted molar refractivity (Wildman–Crippen MR) is 113 cm³/mol. The third-order valence-corrected chi connectivity index (χ3v) is 7.25. The molecule has 0 bridgehead atoms. The van der Waals surface area contributed by atoms with Crippen LogP contribution in [0.4, 0.5) is 0 Å². The van der Waals surface area contributed by atoms with Gasteiger partial charge in [-0.15, -0.1) is 0 Å². The summed E-state index contributed by atoms with van der Waals surface area (Å²) in [4.78, 5) is 2.66. The number of likely N-dealkylation sites (tertiary alicyclic amines) is 1. The van der Waals surface area contributed by atoms with Crippen LogP contribution in [0.15, 0.2) is 24.3 Å². The molecule has 5 rings (SSSR count). The van der Waals surface area contributed by atoms with Crippen LogP contribution < -0.4 is 5.32 Å². The van der Waals surface area contributed by atoms with E-state index in [1.54, 1.807) is 11.3 Å². The van der Waals surface area contributed by atoms with Crippen LogP contribution in [0, 0.1) is 0 Å². The summed E-state index contributed by atoms with van der Waals surface area (Å²) in [6.07, 6.45) is 13.7. The molecular formula is C24H35N3. The molecule has 1 aromatic carbocycles. The van der Waals surface area contributed by atoms with Crippen LogP contribution in [0.1, 0.15) is 75.1 Å². The molecule has 1 aliphatic heterocycles. The first-order chi connectivity index (χ1) is 13.4. The van der Waals surface area contributed by atoms with Crippen molar-refractivity contribution in [2.45, 2.75) is 82.8 Å². The van der Waals surface area contributed by atoms with Crippen molar-refractivity contribution in [3.05, 3.63) is 35.5 Å². The van der Waals surface area contributed by atoms with E-state index in [0.29, 0.717) is 6.04 Å². The summed E-state index contributed by atoms with van der Waals surface area (Å²) in [5.74, 6) is 0. The molecule has 3 heteroatoms. The first-order valence-corrected chi connectivity index (χ1v) is 11.5. The summed E-state index contributed by atoms with van der Waals surface area (Å²) in [6.45, 7) is 4.95. The van der Waals surface area contributed by atoms with Gasteiger partial charge in [-0.1, -0.05) is 37.5 Å². The van der Waals surface area contributed by atoms with Gasteiger partial charge in [-0.3, -0.25) is 0 Å². The lowest BCUT2D eigenvalue weighted by Gasteiger charge is -2.32. The van der Waals surface area contributed by atoms with Gasteiger partial charge < -0.3 is 14.8 Å².